The quantitative estimate of drug-likeness (QED) is 0.329. The first kappa shape index (κ1) is 62.7. The van der Waals surface area contributed by atoms with Crippen molar-refractivity contribution in [3.05, 3.63) is 0 Å². The largest absolute Gasteiger partial charge is 1.00 e. The Morgan fingerprint density at radius 3 is 1.17 bits per heavy atom. The van der Waals surface area contributed by atoms with E-state index in [-0.39, 0.29) is 97.6 Å². The third-order valence-corrected chi connectivity index (χ3v) is 0. The van der Waals surface area contributed by atoms with Crippen LogP contribution in [0.2, 0.25) is 0 Å². The van der Waals surface area contributed by atoms with Gasteiger partial charge in [-0.25, -0.2) is 0 Å². The molecule has 0 spiro atoms. The molecule has 0 heterocycles. The second-order valence-corrected chi connectivity index (χ2v) is 0. The first-order valence-electron chi connectivity index (χ1n) is 0. The number of rotatable bonds is 0. The Balaban J connectivity index is 0. The van der Waals surface area contributed by atoms with Gasteiger partial charge in [-0.05, 0) is 0 Å². The third-order valence-electron chi connectivity index (χ3n) is 0. The van der Waals surface area contributed by atoms with Crippen LogP contribution >= 0.6 is 9.90 Å². The molecule has 1 unspecified atom stereocenters. The van der Waals surface area contributed by atoms with Gasteiger partial charge >= 0.3 is 18.9 Å². The molecule has 2 radical (unpaired) electrons. The molecule has 0 saturated heterocycles. The molecule has 0 aromatic carbocycles. The molecule has 0 aliphatic carbocycles. The summed E-state index contributed by atoms with van der Waals surface area (Å²) in [6, 6.07) is 0. The minimum Gasteiger partial charge on any atom is -1.00 e. The van der Waals surface area contributed by atoms with E-state index in [1.165, 1.54) is 0 Å². The standard InChI is InChI=1S/Co.Fe.Li.Mn.Ni.H3P.H/h;;;;;1H3;/q;;+1;;;;-1. The van der Waals surface area contributed by atoms with Crippen molar-refractivity contribution in [3.8, 4) is 0 Å². The third kappa shape index (κ3) is 27.7. The maximum absolute atomic E-state index is 0. The van der Waals surface area contributed by atoms with Crippen LogP contribution in [0.3, 0.4) is 0 Å². The summed E-state index contributed by atoms with van der Waals surface area (Å²) >= 11 is 0. The Kier molecular flexibility index (Phi) is 448. The Morgan fingerprint density at radius 2 is 1.17 bits per heavy atom. The second-order valence-electron chi connectivity index (χ2n) is 0. The van der Waals surface area contributed by atoms with E-state index in [0.717, 1.165) is 0 Å². The van der Waals surface area contributed by atoms with E-state index in [1.807, 2.05) is 0 Å². The first-order valence-corrected chi connectivity index (χ1v) is 0. The summed E-state index contributed by atoms with van der Waals surface area (Å²) in [5.74, 6) is 0. The fraction of sp³-hybridized carbons (Fsp3) is 0. The smallest absolute Gasteiger partial charge is 1.00 e. The Labute approximate surface area is 96.5 Å². The van der Waals surface area contributed by atoms with Crippen molar-refractivity contribution in [3.63, 3.8) is 0 Å². The molecule has 0 rings (SSSR count). The molecule has 0 saturated carbocycles. The van der Waals surface area contributed by atoms with Crippen molar-refractivity contribution in [2.75, 3.05) is 0 Å². The molecule has 0 aromatic rings. The van der Waals surface area contributed by atoms with Crippen LogP contribution in [-0.2, 0) is 67.4 Å². The van der Waals surface area contributed by atoms with Crippen molar-refractivity contribution in [1.29, 1.82) is 0 Å². The summed E-state index contributed by atoms with van der Waals surface area (Å²) in [5, 5.41) is 0. The maximum Gasteiger partial charge on any atom is 1.00 e. The molecular weight excluding hydrogens is 266 g/mol. The van der Waals surface area contributed by atoms with Gasteiger partial charge in [0.05, 0.1) is 0 Å². The van der Waals surface area contributed by atoms with Crippen LogP contribution in [0.4, 0.5) is 0 Å². The van der Waals surface area contributed by atoms with Crippen LogP contribution in [0.15, 0.2) is 0 Å². The number of hydrogen-bond donors (Lipinski definition) is 0. The van der Waals surface area contributed by atoms with Crippen LogP contribution < -0.4 is 18.9 Å². The van der Waals surface area contributed by atoms with E-state index in [0.29, 0.717) is 0 Å². The van der Waals surface area contributed by atoms with E-state index >= 15 is 0 Å². The predicted molar refractivity (Wildman–Crippen MR) is 12.2 cm³/mol. The molecule has 0 aromatic heterocycles. The zero-order valence-corrected chi connectivity index (χ0v) is 8.82. The van der Waals surface area contributed by atoms with E-state index in [9.17, 15) is 0 Å². The van der Waals surface area contributed by atoms with Crippen LogP contribution in [0, 0.1) is 0 Å². The van der Waals surface area contributed by atoms with Crippen LogP contribution in [-0.4, -0.2) is 0 Å². The summed E-state index contributed by atoms with van der Waals surface area (Å²) < 4.78 is 0. The molecule has 0 nitrogen and oxygen atoms in total. The van der Waals surface area contributed by atoms with E-state index < -0.39 is 0 Å². The van der Waals surface area contributed by atoms with Crippen molar-refractivity contribution in [2.24, 2.45) is 0 Å². The van der Waals surface area contributed by atoms with Gasteiger partial charge in [-0.1, -0.05) is 0 Å². The monoisotopic (exact) mass is 270 g/mol. The maximum atomic E-state index is 0. The topological polar surface area (TPSA) is 0 Å². The van der Waals surface area contributed by atoms with Crippen molar-refractivity contribution in [1.82, 2.24) is 0 Å². The minimum absolute atomic E-state index is 0. The zero-order chi connectivity index (χ0) is 0. The van der Waals surface area contributed by atoms with Gasteiger partial charge in [-0.15, -0.1) is 0 Å². The fourth-order valence-electron chi connectivity index (χ4n) is 0. The van der Waals surface area contributed by atoms with Gasteiger partial charge in [-0.3, -0.25) is 0 Å². The van der Waals surface area contributed by atoms with Gasteiger partial charge in [0.1, 0.15) is 0 Å². The fourth-order valence-corrected chi connectivity index (χ4v) is 0. The predicted octanol–water partition coefficient (Wildman–Crippen LogP) is -2.84. The van der Waals surface area contributed by atoms with Gasteiger partial charge in [0.25, 0.3) is 0 Å². The summed E-state index contributed by atoms with van der Waals surface area (Å²) in [7, 11) is 0. The molecular formula is H4CoFeLiMnNiP. The molecule has 0 aliphatic rings. The second kappa shape index (κ2) is 42.8. The zero-order valence-electron chi connectivity index (χ0n) is 4.09. The van der Waals surface area contributed by atoms with Crippen molar-refractivity contribution >= 4 is 9.90 Å². The SMILES string of the molecule is P.[Co].[Fe].[H-].[Li+].[Mn].[Ni]. The van der Waals surface area contributed by atoms with Gasteiger partial charge < -0.3 is 1.43 Å². The number of hydrogen-bond acceptors (Lipinski definition) is 0. The Bertz CT molecular complexity index is 19.7. The van der Waals surface area contributed by atoms with E-state index in [2.05, 4.69) is 0 Å². The molecule has 0 N–H and O–H groups in total. The van der Waals surface area contributed by atoms with Crippen LogP contribution in [0.5, 0.6) is 0 Å². The summed E-state index contributed by atoms with van der Waals surface area (Å²) in [4.78, 5) is 0. The van der Waals surface area contributed by atoms with Crippen LogP contribution in [0.1, 0.15) is 1.43 Å². The molecule has 1 atom stereocenters. The molecule has 0 amide bonds. The average Bonchev–Trinajstić information content (AvgIpc) is 0. The summed E-state index contributed by atoms with van der Waals surface area (Å²) in [6.45, 7) is 0. The summed E-state index contributed by atoms with van der Waals surface area (Å²) in [5.41, 5.74) is 0. The van der Waals surface area contributed by atoms with Crippen molar-refractivity contribution < 1.29 is 87.7 Å². The van der Waals surface area contributed by atoms with E-state index in [1.54, 1.807) is 0 Å². The molecule has 44 valence electrons. The van der Waals surface area contributed by atoms with Gasteiger partial charge in [0.2, 0.25) is 0 Å². The van der Waals surface area contributed by atoms with Gasteiger partial charge in [-0.2, -0.15) is 9.90 Å². The molecule has 0 fully saturated rings. The molecule has 6 heavy (non-hydrogen) atoms. The van der Waals surface area contributed by atoms with Gasteiger partial charge in [0.15, 0.2) is 0 Å². The Hall–Kier alpha value is 3.07. The summed E-state index contributed by atoms with van der Waals surface area (Å²) in [6.07, 6.45) is 0. The van der Waals surface area contributed by atoms with Crippen molar-refractivity contribution in [2.45, 2.75) is 0 Å². The molecule has 0 aliphatic heterocycles. The van der Waals surface area contributed by atoms with E-state index in [4.69, 9.17) is 0 Å². The minimum atomic E-state index is 0. The first-order chi connectivity index (χ1) is 0. The van der Waals surface area contributed by atoms with Crippen LogP contribution in [0.25, 0.3) is 0 Å². The van der Waals surface area contributed by atoms with Gasteiger partial charge in [0, 0.05) is 67.4 Å². The molecule has 0 bridgehead atoms. The average molecular weight is 270 g/mol. The molecule has 6 heteroatoms. The normalized spacial score (nSPS) is 0. The Morgan fingerprint density at radius 1 is 1.17 bits per heavy atom.